The molecule has 0 spiro atoms. The molecule has 1 heterocycles. The highest BCUT2D eigenvalue weighted by atomic mass is 35.5. The van der Waals surface area contributed by atoms with Crippen LogP contribution in [-0.2, 0) is 4.79 Å². The number of likely N-dealkylation sites (tertiary alicyclic amines) is 1. The third-order valence-corrected chi connectivity index (χ3v) is 3.92. The van der Waals surface area contributed by atoms with Crippen LogP contribution in [0, 0.1) is 5.41 Å². The van der Waals surface area contributed by atoms with Gasteiger partial charge in [0.1, 0.15) is 0 Å². The summed E-state index contributed by atoms with van der Waals surface area (Å²) < 4.78 is 0. The van der Waals surface area contributed by atoms with Crippen LogP contribution in [0.15, 0.2) is 0 Å². The molecule has 3 nitrogen and oxygen atoms in total. The van der Waals surface area contributed by atoms with Crippen molar-refractivity contribution in [3.05, 3.63) is 0 Å². The molecule has 94 valence electrons. The van der Waals surface area contributed by atoms with Crippen molar-refractivity contribution < 1.29 is 4.79 Å². The number of nitrogens with zero attached hydrogens (tertiary/aromatic N) is 1. The molecule has 1 N–H and O–H groups in total. The van der Waals surface area contributed by atoms with Crippen molar-refractivity contribution in [2.45, 2.75) is 45.1 Å². The first kappa shape index (κ1) is 13.8. The zero-order valence-corrected chi connectivity index (χ0v) is 11.1. The predicted octanol–water partition coefficient (Wildman–Crippen LogP) is 1.81. The van der Waals surface area contributed by atoms with E-state index in [4.69, 9.17) is 0 Å². The number of nitrogens with one attached hydrogen (secondary N) is 1. The second-order valence-electron chi connectivity index (χ2n) is 5.06. The smallest absolute Gasteiger partial charge is 0.228 e. The zero-order valence-electron chi connectivity index (χ0n) is 10.3. The normalized spacial score (nSPS) is 26.4. The SMILES string of the molecule is CCCC1(C(=O)N2CCC(NC)C2)CC1.Cl. The molecule has 0 aromatic carbocycles. The Labute approximate surface area is 104 Å². The lowest BCUT2D eigenvalue weighted by molar-refractivity contribution is -0.136. The number of hydrogen-bond donors (Lipinski definition) is 1. The maximum atomic E-state index is 12.3. The maximum absolute atomic E-state index is 12.3. The zero-order chi connectivity index (χ0) is 10.9. The van der Waals surface area contributed by atoms with Crippen molar-refractivity contribution in [2.24, 2.45) is 5.41 Å². The molecule has 1 unspecified atom stereocenters. The summed E-state index contributed by atoms with van der Waals surface area (Å²) in [7, 11) is 1.98. The Bertz CT molecular complexity index is 253. The Morgan fingerprint density at radius 3 is 2.62 bits per heavy atom. The summed E-state index contributed by atoms with van der Waals surface area (Å²) in [4.78, 5) is 14.4. The highest BCUT2D eigenvalue weighted by Crippen LogP contribution is 2.51. The number of hydrogen-bond acceptors (Lipinski definition) is 2. The van der Waals surface area contributed by atoms with Crippen LogP contribution >= 0.6 is 12.4 Å². The van der Waals surface area contributed by atoms with Gasteiger partial charge in [0, 0.05) is 24.5 Å². The lowest BCUT2D eigenvalue weighted by Crippen LogP contribution is -2.38. The lowest BCUT2D eigenvalue weighted by Gasteiger charge is -2.22. The Morgan fingerprint density at radius 1 is 1.50 bits per heavy atom. The van der Waals surface area contributed by atoms with Gasteiger partial charge in [-0.15, -0.1) is 12.4 Å². The van der Waals surface area contributed by atoms with Gasteiger partial charge in [-0.05, 0) is 32.7 Å². The minimum absolute atomic E-state index is 0. The molecule has 1 aliphatic heterocycles. The summed E-state index contributed by atoms with van der Waals surface area (Å²) in [5.74, 6) is 0.433. The van der Waals surface area contributed by atoms with E-state index in [1.807, 2.05) is 7.05 Å². The average Bonchev–Trinajstić information content (AvgIpc) is 2.87. The topological polar surface area (TPSA) is 32.3 Å². The molecule has 1 amide bonds. The van der Waals surface area contributed by atoms with Gasteiger partial charge in [0.05, 0.1) is 0 Å². The molecule has 0 aromatic rings. The molecule has 1 atom stereocenters. The first-order valence-electron chi connectivity index (χ1n) is 6.18. The summed E-state index contributed by atoms with van der Waals surface area (Å²) >= 11 is 0. The van der Waals surface area contributed by atoms with Crippen molar-refractivity contribution >= 4 is 18.3 Å². The van der Waals surface area contributed by atoms with E-state index < -0.39 is 0 Å². The summed E-state index contributed by atoms with van der Waals surface area (Å²) in [6.45, 7) is 4.05. The number of amides is 1. The van der Waals surface area contributed by atoms with Crippen LogP contribution < -0.4 is 5.32 Å². The van der Waals surface area contributed by atoms with Crippen molar-refractivity contribution in [2.75, 3.05) is 20.1 Å². The standard InChI is InChI=1S/C12H22N2O.ClH/c1-3-5-12(6-7-12)11(15)14-8-4-10(9-14)13-2;/h10,13H,3-9H2,1-2H3;1H. The summed E-state index contributed by atoms with van der Waals surface area (Å²) in [6.07, 6.45) is 5.59. The fourth-order valence-corrected chi connectivity index (χ4v) is 2.72. The molecule has 1 aliphatic carbocycles. The summed E-state index contributed by atoms with van der Waals surface area (Å²) in [5.41, 5.74) is 0.0668. The van der Waals surface area contributed by atoms with E-state index in [1.54, 1.807) is 0 Å². The molecule has 2 rings (SSSR count). The van der Waals surface area contributed by atoms with Crippen LogP contribution in [0.3, 0.4) is 0 Å². The molecular weight excluding hydrogens is 224 g/mol. The molecular formula is C12H23ClN2O. The molecule has 2 aliphatic rings. The van der Waals surface area contributed by atoms with Crippen molar-refractivity contribution in [3.63, 3.8) is 0 Å². The Hall–Kier alpha value is -0.280. The van der Waals surface area contributed by atoms with Gasteiger partial charge in [0.2, 0.25) is 5.91 Å². The molecule has 1 saturated carbocycles. The molecule has 0 bridgehead atoms. The van der Waals surface area contributed by atoms with E-state index in [2.05, 4.69) is 17.1 Å². The number of carbonyl (C=O) groups excluding carboxylic acids is 1. The van der Waals surface area contributed by atoms with Crippen LogP contribution in [-0.4, -0.2) is 37.0 Å². The molecule has 16 heavy (non-hydrogen) atoms. The second kappa shape index (κ2) is 5.37. The van der Waals surface area contributed by atoms with E-state index in [-0.39, 0.29) is 17.8 Å². The summed E-state index contributed by atoms with van der Waals surface area (Å²) in [5, 5.41) is 3.26. The van der Waals surface area contributed by atoms with Gasteiger partial charge in [-0.25, -0.2) is 0 Å². The van der Waals surface area contributed by atoms with E-state index in [0.717, 1.165) is 45.2 Å². The number of halogens is 1. The van der Waals surface area contributed by atoms with E-state index in [1.165, 1.54) is 0 Å². The van der Waals surface area contributed by atoms with Crippen LogP contribution in [0.25, 0.3) is 0 Å². The minimum Gasteiger partial charge on any atom is -0.341 e. The van der Waals surface area contributed by atoms with E-state index >= 15 is 0 Å². The average molecular weight is 247 g/mol. The van der Waals surface area contributed by atoms with Crippen molar-refractivity contribution in [1.82, 2.24) is 10.2 Å². The van der Waals surface area contributed by atoms with E-state index in [9.17, 15) is 4.79 Å². The lowest BCUT2D eigenvalue weighted by atomic mass is 9.99. The van der Waals surface area contributed by atoms with Crippen molar-refractivity contribution in [3.8, 4) is 0 Å². The van der Waals surface area contributed by atoms with Crippen LogP contribution in [0.2, 0.25) is 0 Å². The Morgan fingerprint density at radius 2 is 2.19 bits per heavy atom. The molecule has 1 saturated heterocycles. The van der Waals surface area contributed by atoms with Crippen LogP contribution in [0.5, 0.6) is 0 Å². The van der Waals surface area contributed by atoms with Crippen LogP contribution in [0.4, 0.5) is 0 Å². The fraction of sp³-hybridized carbons (Fsp3) is 0.917. The molecule has 2 fully saturated rings. The molecule has 0 radical (unpaired) electrons. The quantitative estimate of drug-likeness (QED) is 0.821. The maximum Gasteiger partial charge on any atom is 0.228 e. The first-order chi connectivity index (χ1) is 7.22. The highest BCUT2D eigenvalue weighted by molar-refractivity contribution is 5.85. The van der Waals surface area contributed by atoms with Gasteiger partial charge in [0.25, 0.3) is 0 Å². The number of likely N-dealkylation sites (N-methyl/N-ethyl adjacent to an activating group) is 1. The number of rotatable bonds is 4. The number of carbonyl (C=O) groups is 1. The second-order valence-corrected chi connectivity index (χ2v) is 5.06. The van der Waals surface area contributed by atoms with Crippen molar-refractivity contribution in [1.29, 1.82) is 0 Å². The first-order valence-corrected chi connectivity index (χ1v) is 6.18. The molecule has 4 heteroatoms. The third-order valence-electron chi connectivity index (χ3n) is 3.92. The Balaban J connectivity index is 0.00000128. The largest absolute Gasteiger partial charge is 0.341 e. The molecule has 0 aromatic heterocycles. The van der Waals surface area contributed by atoms with Gasteiger partial charge < -0.3 is 10.2 Å². The van der Waals surface area contributed by atoms with Gasteiger partial charge >= 0.3 is 0 Å². The van der Waals surface area contributed by atoms with Gasteiger partial charge in [0.15, 0.2) is 0 Å². The third kappa shape index (κ3) is 2.51. The van der Waals surface area contributed by atoms with Gasteiger partial charge in [-0.1, -0.05) is 13.3 Å². The Kier molecular flexibility index (Phi) is 4.62. The van der Waals surface area contributed by atoms with Gasteiger partial charge in [-0.2, -0.15) is 0 Å². The van der Waals surface area contributed by atoms with Crippen LogP contribution in [0.1, 0.15) is 39.0 Å². The fourth-order valence-electron chi connectivity index (χ4n) is 2.72. The summed E-state index contributed by atoms with van der Waals surface area (Å²) in [6, 6.07) is 0.520. The highest BCUT2D eigenvalue weighted by Gasteiger charge is 2.51. The van der Waals surface area contributed by atoms with Gasteiger partial charge in [-0.3, -0.25) is 4.79 Å². The predicted molar refractivity (Wildman–Crippen MR) is 67.9 cm³/mol. The van der Waals surface area contributed by atoms with E-state index in [0.29, 0.717) is 11.9 Å². The minimum atomic E-state index is 0. The monoisotopic (exact) mass is 246 g/mol.